The third kappa shape index (κ3) is 4.14. The second kappa shape index (κ2) is 6.22. The molecule has 0 aliphatic carbocycles. The molecule has 1 aromatic rings. The number of amides is 1. The molecule has 4 heteroatoms. The first-order valence-corrected chi connectivity index (χ1v) is 4.98. The molecule has 1 rings (SSSR count). The van der Waals surface area contributed by atoms with Gasteiger partial charge < -0.3 is 10.6 Å². The summed E-state index contributed by atoms with van der Waals surface area (Å²) < 4.78 is 0. The molecule has 0 fully saturated rings. The fraction of sp³-hybridized carbons (Fsp3) is 0.182. The first-order valence-electron chi connectivity index (χ1n) is 4.60. The van der Waals surface area contributed by atoms with Crippen molar-refractivity contribution in [1.82, 2.24) is 5.32 Å². The Labute approximate surface area is 94.1 Å². The van der Waals surface area contributed by atoms with Crippen molar-refractivity contribution in [3.05, 3.63) is 41.9 Å². The van der Waals surface area contributed by atoms with Gasteiger partial charge in [-0.3, -0.25) is 4.79 Å². The second-order valence-corrected chi connectivity index (χ2v) is 3.35. The molecule has 0 bridgehead atoms. The molecular formula is C11H13ClN2O. The minimum Gasteiger partial charge on any atom is -0.324 e. The van der Waals surface area contributed by atoms with E-state index in [1.165, 1.54) is 0 Å². The standard InChI is InChI=1S/C11H13ClN2O/c1-2-7-13-8-11(15)14-10-6-4-3-5-9(10)12/h2-6,13H,1,7-8H2,(H,14,15). The summed E-state index contributed by atoms with van der Waals surface area (Å²) >= 11 is 5.88. The molecule has 1 amide bonds. The largest absolute Gasteiger partial charge is 0.324 e. The van der Waals surface area contributed by atoms with Gasteiger partial charge in [-0.2, -0.15) is 0 Å². The van der Waals surface area contributed by atoms with Crippen molar-refractivity contribution in [1.29, 1.82) is 0 Å². The number of nitrogens with one attached hydrogen (secondary N) is 2. The van der Waals surface area contributed by atoms with Crippen LogP contribution in [0.1, 0.15) is 0 Å². The van der Waals surface area contributed by atoms with E-state index in [2.05, 4.69) is 17.2 Å². The van der Waals surface area contributed by atoms with Gasteiger partial charge in [-0.1, -0.05) is 29.8 Å². The zero-order valence-corrected chi connectivity index (χ0v) is 9.05. The molecule has 80 valence electrons. The van der Waals surface area contributed by atoms with Gasteiger partial charge in [-0.05, 0) is 12.1 Å². The van der Waals surface area contributed by atoms with Crippen LogP contribution in [0.15, 0.2) is 36.9 Å². The molecule has 0 radical (unpaired) electrons. The summed E-state index contributed by atoms with van der Waals surface area (Å²) in [6, 6.07) is 7.12. The maximum absolute atomic E-state index is 11.4. The number of halogens is 1. The van der Waals surface area contributed by atoms with Crippen molar-refractivity contribution in [3.8, 4) is 0 Å². The summed E-state index contributed by atoms with van der Waals surface area (Å²) in [6.45, 7) is 4.39. The van der Waals surface area contributed by atoms with E-state index < -0.39 is 0 Å². The highest BCUT2D eigenvalue weighted by Crippen LogP contribution is 2.19. The first-order chi connectivity index (χ1) is 7.24. The Hall–Kier alpha value is -1.32. The molecule has 2 N–H and O–H groups in total. The predicted molar refractivity (Wildman–Crippen MR) is 63.1 cm³/mol. The summed E-state index contributed by atoms with van der Waals surface area (Å²) in [5.41, 5.74) is 0.629. The summed E-state index contributed by atoms with van der Waals surface area (Å²) in [5, 5.41) is 6.14. The van der Waals surface area contributed by atoms with Crippen molar-refractivity contribution in [2.24, 2.45) is 0 Å². The van der Waals surface area contributed by atoms with Crippen LogP contribution < -0.4 is 10.6 Å². The van der Waals surface area contributed by atoms with E-state index in [0.29, 0.717) is 17.3 Å². The highest BCUT2D eigenvalue weighted by atomic mass is 35.5. The lowest BCUT2D eigenvalue weighted by Crippen LogP contribution is -2.28. The van der Waals surface area contributed by atoms with E-state index in [9.17, 15) is 4.79 Å². The second-order valence-electron chi connectivity index (χ2n) is 2.95. The van der Waals surface area contributed by atoms with Gasteiger partial charge in [-0.15, -0.1) is 6.58 Å². The van der Waals surface area contributed by atoms with Crippen molar-refractivity contribution in [2.75, 3.05) is 18.4 Å². The van der Waals surface area contributed by atoms with Crippen LogP contribution in [-0.2, 0) is 4.79 Å². The SMILES string of the molecule is C=CCNCC(=O)Nc1ccccc1Cl. The summed E-state index contributed by atoms with van der Waals surface area (Å²) in [5.74, 6) is -0.120. The Bertz CT molecular complexity index is 352. The number of anilines is 1. The van der Waals surface area contributed by atoms with Crippen LogP contribution in [0.3, 0.4) is 0 Å². The molecule has 3 nitrogen and oxygen atoms in total. The molecule has 0 unspecified atom stereocenters. The lowest BCUT2D eigenvalue weighted by molar-refractivity contribution is -0.115. The maximum atomic E-state index is 11.4. The number of para-hydroxylation sites is 1. The monoisotopic (exact) mass is 224 g/mol. The molecule has 0 aliphatic heterocycles. The Balaban J connectivity index is 2.44. The van der Waals surface area contributed by atoms with Crippen LogP contribution in [0.2, 0.25) is 5.02 Å². The molecule has 0 saturated heterocycles. The average molecular weight is 225 g/mol. The normalized spacial score (nSPS) is 9.67. The van der Waals surface area contributed by atoms with Crippen LogP contribution in [0.4, 0.5) is 5.69 Å². The van der Waals surface area contributed by atoms with Gasteiger partial charge in [0.05, 0.1) is 17.3 Å². The van der Waals surface area contributed by atoms with E-state index in [1.54, 1.807) is 18.2 Å². The van der Waals surface area contributed by atoms with Crippen molar-refractivity contribution in [2.45, 2.75) is 0 Å². The van der Waals surface area contributed by atoms with Crippen LogP contribution in [0.5, 0.6) is 0 Å². The zero-order valence-electron chi connectivity index (χ0n) is 8.29. The lowest BCUT2D eigenvalue weighted by atomic mass is 10.3. The van der Waals surface area contributed by atoms with Crippen LogP contribution in [-0.4, -0.2) is 19.0 Å². The predicted octanol–water partition coefficient (Wildman–Crippen LogP) is 2.05. The average Bonchev–Trinajstić information content (AvgIpc) is 2.22. The minimum atomic E-state index is -0.120. The van der Waals surface area contributed by atoms with E-state index in [0.717, 1.165) is 0 Å². The van der Waals surface area contributed by atoms with Gasteiger partial charge in [0.25, 0.3) is 0 Å². The van der Waals surface area contributed by atoms with E-state index in [4.69, 9.17) is 11.6 Å². The highest BCUT2D eigenvalue weighted by Gasteiger charge is 2.03. The molecule has 0 atom stereocenters. The lowest BCUT2D eigenvalue weighted by Gasteiger charge is -2.06. The Kier molecular flexibility index (Phi) is 4.87. The summed E-state index contributed by atoms with van der Waals surface area (Å²) in [7, 11) is 0. The summed E-state index contributed by atoms with van der Waals surface area (Å²) in [6.07, 6.45) is 1.70. The van der Waals surface area contributed by atoms with Crippen LogP contribution in [0.25, 0.3) is 0 Å². The number of hydrogen-bond acceptors (Lipinski definition) is 2. The molecular weight excluding hydrogens is 212 g/mol. The van der Waals surface area contributed by atoms with Gasteiger partial charge in [0, 0.05) is 6.54 Å². The first kappa shape index (κ1) is 11.8. The van der Waals surface area contributed by atoms with Crippen molar-refractivity contribution < 1.29 is 4.79 Å². The fourth-order valence-corrected chi connectivity index (χ4v) is 1.23. The number of hydrogen-bond donors (Lipinski definition) is 2. The van der Waals surface area contributed by atoms with Crippen molar-refractivity contribution >= 4 is 23.2 Å². The maximum Gasteiger partial charge on any atom is 0.238 e. The summed E-state index contributed by atoms with van der Waals surface area (Å²) in [4.78, 5) is 11.4. The van der Waals surface area contributed by atoms with E-state index in [1.807, 2.05) is 12.1 Å². The topological polar surface area (TPSA) is 41.1 Å². The number of carbonyl (C=O) groups excluding carboxylic acids is 1. The molecule has 0 spiro atoms. The minimum absolute atomic E-state index is 0.120. The van der Waals surface area contributed by atoms with Gasteiger partial charge in [-0.25, -0.2) is 0 Å². The highest BCUT2D eigenvalue weighted by molar-refractivity contribution is 6.33. The van der Waals surface area contributed by atoms with Crippen molar-refractivity contribution in [3.63, 3.8) is 0 Å². The van der Waals surface area contributed by atoms with Gasteiger partial charge in [0.15, 0.2) is 0 Å². The van der Waals surface area contributed by atoms with Crippen LogP contribution in [0, 0.1) is 0 Å². The number of carbonyl (C=O) groups is 1. The van der Waals surface area contributed by atoms with Gasteiger partial charge >= 0.3 is 0 Å². The molecule has 0 aromatic heterocycles. The van der Waals surface area contributed by atoms with Gasteiger partial charge in [0.1, 0.15) is 0 Å². The fourth-order valence-electron chi connectivity index (χ4n) is 1.04. The smallest absolute Gasteiger partial charge is 0.238 e. The molecule has 0 saturated carbocycles. The van der Waals surface area contributed by atoms with E-state index >= 15 is 0 Å². The molecule has 15 heavy (non-hydrogen) atoms. The van der Waals surface area contributed by atoms with Gasteiger partial charge in [0.2, 0.25) is 5.91 Å². The third-order valence-corrected chi connectivity index (χ3v) is 2.05. The third-order valence-electron chi connectivity index (χ3n) is 1.72. The zero-order chi connectivity index (χ0) is 11.1. The Morgan fingerprint density at radius 3 is 2.87 bits per heavy atom. The van der Waals surface area contributed by atoms with E-state index in [-0.39, 0.29) is 12.5 Å². The molecule has 0 aliphatic rings. The quantitative estimate of drug-likeness (QED) is 0.594. The Morgan fingerprint density at radius 1 is 1.47 bits per heavy atom. The Morgan fingerprint density at radius 2 is 2.20 bits per heavy atom. The van der Waals surface area contributed by atoms with Crippen LogP contribution >= 0.6 is 11.6 Å². The number of rotatable bonds is 5. The molecule has 0 heterocycles. The number of benzene rings is 1. The molecule has 1 aromatic carbocycles.